The second-order valence-corrected chi connectivity index (χ2v) is 8.88. The molecule has 33 heavy (non-hydrogen) atoms. The lowest BCUT2D eigenvalue weighted by Gasteiger charge is -2.18. The molecule has 0 fully saturated rings. The van der Waals surface area contributed by atoms with E-state index >= 15 is 0 Å². The lowest BCUT2D eigenvalue weighted by molar-refractivity contribution is 0.117. The van der Waals surface area contributed by atoms with Crippen LogP contribution >= 0.6 is 15.9 Å². The zero-order valence-electron chi connectivity index (χ0n) is 18.4. The van der Waals surface area contributed by atoms with Gasteiger partial charge in [-0.3, -0.25) is 0 Å². The van der Waals surface area contributed by atoms with E-state index in [0.717, 1.165) is 50.9 Å². The molecule has 1 heterocycles. The quantitative estimate of drug-likeness (QED) is 0.309. The standard InChI is InChI=1S/C29H27BrO3/c1-21(20-33-26-10-6-3-7-11-26)27-16-17-32-29(27)15-12-23(22-8-4-2-5-9-22)18-24-19-25(30)13-14-28(24)31/h2-11,13-14,16,18-19,29,31H,1,12,15,17,20H2/b23-18-. The molecule has 3 nitrogen and oxygen atoms in total. The highest BCUT2D eigenvalue weighted by Gasteiger charge is 2.23. The maximum Gasteiger partial charge on any atom is 0.122 e. The van der Waals surface area contributed by atoms with Crippen molar-refractivity contribution in [2.45, 2.75) is 18.9 Å². The second-order valence-electron chi connectivity index (χ2n) is 7.96. The predicted octanol–water partition coefficient (Wildman–Crippen LogP) is 7.44. The Balaban J connectivity index is 1.47. The fourth-order valence-electron chi connectivity index (χ4n) is 3.92. The van der Waals surface area contributed by atoms with E-state index in [1.54, 1.807) is 6.07 Å². The van der Waals surface area contributed by atoms with Crippen molar-refractivity contribution in [2.75, 3.05) is 13.2 Å². The number of benzene rings is 3. The second kappa shape index (κ2) is 11.2. The molecule has 1 unspecified atom stereocenters. The summed E-state index contributed by atoms with van der Waals surface area (Å²) in [5.74, 6) is 1.09. The summed E-state index contributed by atoms with van der Waals surface area (Å²) in [5.41, 5.74) is 5.11. The van der Waals surface area contributed by atoms with Crippen LogP contribution in [0.5, 0.6) is 11.5 Å². The molecule has 0 spiro atoms. The Morgan fingerprint density at radius 3 is 2.55 bits per heavy atom. The van der Waals surface area contributed by atoms with E-state index in [2.05, 4.69) is 46.8 Å². The van der Waals surface area contributed by atoms with Gasteiger partial charge in [0.2, 0.25) is 0 Å². The van der Waals surface area contributed by atoms with Crippen molar-refractivity contribution in [3.05, 3.63) is 118 Å². The molecule has 1 atom stereocenters. The molecule has 4 rings (SSSR count). The van der Waals surface area contributed by atoms with Crippen molar-refractivity contribution in [3.63, 3.8) is 0 Å². The van der Waals surface area contributed by atoms with Crippen LogP contribution in [0.25, 0.3) is 11.6 Å². The minimum absolute atomic E-state index is 0.0277. The van der Waals surface area contributed by atoms with Crippen LogP contribution in [0.3, 0.4) is 0 Å². The number of phenols is 1. The average Bonchev–Trinajstić information content (AvgIpc) is 3.32. The zero-order chi connectivity index (χ0) is 23.0. The first-order chi connectivity index (χ1) is 16.1. The number of phenolic OH excluding ortho intramolecular Hbond substituents is 1. The molecule has 4 heteroatoms. The maximum absolute atomic E-state index is 10.4. The van der Waals surface area contributed by atoms with Gasteiger partial charge in [-0.1, -0.05) is 77.1 Å². The lowest BCUT2D eigenvalue weighted by Crippen LogP contribution is -2.14. The lowest BCUT2D eigenvalue weighted by atomic mass is 9.93. The minimum atomic E-state index is -0.0277. The smallest absolute Gasteiger partial charge is 0.122 e. The SMILES string of the molecule is C=C(COc1ccccc1)C1=CCOC1CC/C(=C/c1cc(Br)ccc1O)c1ccccc1. The van der Waals surface area contributed by atoms with Crippen molar-refractivity contribution in [1.82, 2.24) is 0 Å². The molecule has 168 valence electrons. The van der Waals surface area contributed by atoms with E-state index in [1.807, 2.05) is 60.7 Å². The summed E-state index contributed by atoms with van der Waals surface area (Å²) < 4.78 is 12.8. The molecule has 3 aromatic rings. The van der Waals surface area contributed by atoms with Crippen LogP contribution in [0, 0.1) is 0 Å². The molecule has 1 aliphatic rings. The Labute approximate surface area is 203 Å². The highest BCUT2D eigenvalue weighted by atomic mass is 79.9. The molecule has 0 saturated carbocycles. The van der Waals surface area contributed by atoms with Crippen molar-refractivity contribution in [1.29, 1.82) is 0 Å². The minimum Gasteiger partial charge on any atom is -0.507 e. The third-order valence-corrected chi connectivity index (χ3v) is 6.15. The summed E-state index contributed by atoms with van der Waals surface area (Å²) in [6, 6.07) is 25.5. The molecule has 1 aliphatic heterocycles. The van der Waals surface area contributed by atoms with Gasteiger partial charge in [-0.2, -0.15) is 0 Å². The molecule has 0 amide bonds. The molecule has 1 N–H and O–H groups in total. The first-order valence-electron chi connectivity index (χ1n) is 11.0. The monoisotopic (exact) mass is 502 g/mol. The summed E-state index contributed by atoms with van der Waals surface area (Å²) in [6.45, 7) is 5.27. The third-order valence-electron chi connectivity index (χ3n) is 5.65. The summed E-state index contributed by atoms with van der Waals surface area (Å²) >= 11 is 3.50. The molecule has 0 radical (unpaired) electrons. The molecule has 0 aromatic heterocycles. The highest BCUT2D eigenvalue weighted by molar-refractivity contribution is 9.10. The van der Waals surface area contributed by atoms with Gasteiger partial charge in [0.05, 0.1) is 12.7 Å². The Kier molecular flexibility index (Phi) is 7.82. The van der Waals surface area contributed by atoms with Crippen molar-refractivity contribution >= 4 is 27.6 Å². The number of para-hydroxylation sites is 1. The van der Waals surface area contributed by atoms with Crippen LogP contribution in [-0.4, -0.2) is 24.4 Å². The van der Waals surface area contributed by atoms with Gasteiger partial charge in [0, 0.05) is 10.0 Å². The zero-order valence-corrected chi connectivity index (χ0v) is 20.0. The third kappa shape index (κ3) is 6.25. The molecule has 0 bridgehead atoms. The van der Waals surface area contributed by atoms with E-state index < -0.39 is 0 Å². The summed E-state index contributed by atoms with van der Waals surface area (Å²) in [6.07, 6.45) is 5.74. The number of hydrogen-bond donors (Lipinski definition) is 1. The van der Waals surface area contributed by atoms with Crippen LogP contribution in [-0.2, 0) is 4.74 Å². The highest BCUT2D eigenvalue weighted by Crippen LogP contribution is 2.32. The summed E-state index contributed by atoms with van der Waals surface area (Å²) in [5, 5.41) is 10.4. The Morgan fingerprint density at radius 2 is 1.79 bits per heavy atom. The van der Waals surface area contributed by atoms with Gasteiger partial charge >= 0.3 is 0 Å². The Morgan fingerprint density at radius 1 is 1.06 bits per heavy atom. The van der Waals surface area contributed by atoms with Crippen LogP contribution in [0.2, 0.25) is 0 Å². The number of hydrogen-bond acceptors (Lipinski definition) is 3. The van der Waals surface area contributed by atoms with Crippen LogP contribution in [0.1, 0.15) is 24.0 Å². The Bertz CT molecular complexity index is 1150. The average molecular weight is 503 g/mol. The van der Waals surface area contributed by atoms with Crippen LogP contribution in [0.15, 0.2) is 107 Å². The van der Waals surface area contributed by atoms with Gasteiger partial charge in [0.1, 0.15) is 18.1 Å². The normalized spacial score (nSPS) is 15.8. The van der Waals surface area contributed by atoms with Crippen molar-refractivity contribution in [3.8, 4) is 11.5 Å². The molecule has 0 saturated heterocycles. The van der Waals surface area contributed by atoms with Crippen molar-refractivity contribution < 1.29 is 14.6 Å². The number of halogens is 1. The van der Waals surface area contributed by atoms with Crippen LogP contribution < -0.4 is 4.74 Å². The predicted molar refractivity (Wildman–Crippen MR) is 138 cm³/mol. The van der Waals surface area contributed by atoms with Gasteiger partial charge in [0.25, 0.3) is 0 Å². The van der Waals surface area contributed by atoms with Crippen molar-refractivity contribution in [2.24, 2.45) is 0 Å². The fourth-order valence-corrected chi connectivity index (χ4v) is 4.30. The fraction of sp³-hybridized carbons (Fsp3) is 0.172. The topological polar surface area (TPSA) is 38.7 Å². The molecule has 0 aliphatic carbocycles. The largest absolute Gasteiger partial charge is 0.507 e. The number of rotatable bonds is 9. The number of allylic oxidation sites excluding steroid dienone is 1. The number of ether oxygens (including phenoxy) is 2. The Hall–Kier alpha value is -3.08. The first kappa shape index (κ1) is 23.1. The maximum atomic E-state index is 10.4. The van der Waals surface area contributed by atoms with E-state index in [-0.39, 0.29) is 11.9 Å². The molecular formula is C29H27BrO3. The number of aromatic hydroxyl groups is 1. The van der Waals surface area contributed by atoms with E-state index in [4.69, 9.17) is 9.47 Å². The molecular weight excluding hydrogens is 476 g/mol. The summed E-state index contributed by atoms with van der Waals surface area (Å²) in [7, 11) is 0. The molecule has 3 aromatic carbocycles. The van der Waals surface area contributed by atoms with E-state index in [1.165, 1.54) is 0 Å². The first-order valence-corrected chi connectivity index (χ1v) is 11.8. The van der Waals surface area contributed by atoms with E-state index in [0.29, 0.717) is 13.2 Å². The van der Waals surface area contributed by atoms with Gasteiger partial charge < -0.3 is 14.6 Å². The van der Waals surface area contributed by atoms with Crippen LogP contribution in [0.4, 0.5) is 0 Å². The van der Waals surface area contributed by atoms with Gasteiger partial charge in [0.15, 0.2) is 0 Å². The van der Waals surface area contributed by atoms with Gasteiger partial charge in [-0.05, 0) is 71.5 Å². The van der Waals surface area contributed by atoms with E-state index in [9.17, 15) is 5.11 Å². The summed E-state index contributed by atoms with van der Waals surface area (Å²) in [4.78, 5) is 0. The van der Waals surface area contributed by atoms with Gasteiger partial charge in [-0.25, -0.2) is 0 Å². The van der Waals surface area contributed by atoms with Gasteiger partial charge in [-0.15, -0.1) is 0 Å².